The van der Waals surface area contributed by atoms with E-state index >= 15 is 0 Å². The monoisotopic (exact) mass is 495 g/mol. The maximum Gasteiger partial charge on any atom is 0.256 e. The van der Waals surface area contributed by atoms with Crippen molar-refractivity contribution in [2.75, 3.05) is 11.9 Å². The highest BCUT2D eigenvalue weighted by atomic mass is 32.1. The fourth-order valence-corrected chi connectivity index (χ4v) is 5.78. The van der Waals surface area contributed by atoms with E-state index in [1.54, 1.807) is 36.4 Å². The molecule has 3 aromatic carbocycles. The third-order valence-corrected chi connectivity index (χ3v) is 7.44. The first-order valence-corrected chi connectivity index (χ1v) is 12.5. The topological polar surface area (TPSA) is 92.5 Å². The van der Waals surface area contributed by atoms with Crippen LogP contribution in [0.2, 0.25) is 0 Å². The molecule has 180 valence electrons. The van der Waals surface area contributed by atoms with E-state index < -0.39 is 5.91 Å². The Morgan fingerprint density at radius 1 is 0.833 bits per heavy atom. The number of rotatable bonds is 7. The van der Waals surface area contributed by atoms with Crippen LogP contribution in [-0.4, -0.2) is 29.0 Å². The van der Waals surface area contributed by atoms with E-state index in [4.69, 9.17) is 5.73 Å². The first-order chi connectivity index (χ1) is 17.5. The molecule has 0 radical (unpaired) electrons. The number of nitrogens with zero attached hydrogens (tertiary/aromatic N) is 1. The van der Waals surface area contributed by atoms with E-state index in [-0.39, 0.29) is 11.7 Å². The second-order valence-corrected chi connectivity index (χ2v) is 9.85. The fourth-order valence-electron chi connectivity index (χ4n) is 4.49. The molecule has 1 aliphatic heterocycles. The Bertz CT molecular complexity index is 1410. The van der Waals surface area contributed by atoms with Crippen molar-refractivity contribution in [1.82, 2.24) is 4.90 Å². The van der Waals surface area contributed by atoms with Gasteiger partial charge in [-0.05, 0) is 29.7 Å². The van der Waals surface area contributed by atoms with Gasteiger partial charge in [-0.2, -0.15) is 0 Å². The molecule has 7 heteroatoms. The molecule has 0 unspecified atom stereocenters. The number of carbonyl (C=O) groups is 3. The molecule has 6 nitrogen and oxygen atoms in total. The zero-order chi connectivity index (χ0) is 25.1. The van der Waals surface area contributed by atoms with E-state index in [0.717, 1.165) is 23.5 Å². The van der Waals surface area contributed by atoms with Gasteiger partial charge in [0.25, 0.3) is 11.8 Å². The lowest BCUT2D eigenvalue weighted by Gasteiger charge is -2.27. The zero-order valence-electron chi connectivity index (χ0n) is 19.6. The van der Waals surface area contributed by atoms with E-state index in [1.165, 1.54) is 16.9 Å². The average Bonchev–Trinajstić information content (AvgIpc) is 3.26. The van der Waals surface area contributed by atoms with Crippen molar-refractivity contribution < 1.29 is 14.4 Å². The number of fused-ring (bicyclic) bond motifs is 1. The van der Waals surface area contributed by atoms with Crippen LogP contribution in [0, 0.1) is 0 Å². The predicted octanol–water partition coefficient (Wildman–Crippen LogP) is 4.89. The summed E-state index contributed by atoms with van der Waals surface area (Å²) in [5, 5.41) is 3.36. The summed E-state index contributed by atoms with van der Waals surface area (Å²) in [6, 6.07) is 25.8. The Hall–Kier alpha value is -4.07. The van der Waals surface area contributed by atoms with E-state index in [0.29, 0.717) is 40.2 Å². The smallest absolute Gasteiger partial charge is 0.256 e. The van der Waals surface area contributed by atoms with Crippen LogP contribution in [0.4, 0.5) is 5.00 Å². The van der Waals surface area contributed by atoms with Crippen LogP contribution in [0.25, 0.3) is 0 Å². The van der Waals surface area contributed by atoms with Gasteiger partial charge in [-0.3, -0.25) is 19.3 Å². The van der Waals surface area contributed by atoms with Crippen LogP contribution in [0.1, 0.15) is 52.6 Å². The van der Waals surface area contributed by atoms with Gasteiger partial charge in [-0.1, -0.05) is 72.8 Å². The molecule has 2 amide bonds. The van der Waals surface area contributed by atoms with Gasteiger partial charge in [-0.15, -0.1) is 11.3 Å². The van der Waals surface area contributed by atoms with E-state index in [2.05, 4.69) is 22.3 Å². The van der Waals surface area contributed by atoms with Crippen molar-refractivity contribution in [2.45, 2.75) is 19.5 Å². The van der Waals surface area contributed by atoms with Crippen LogP contribution in [-0.2, 0) is 19.5 Å². The number of carbonyl (C=O) groups excluding carboxylic acids is 3. The third-order valence-electron chi connectivity index (χ3n) is 6.30. The number of amides is 2. The number of nitrogens with one attached hydrogen (secondary N) is 1. The SMILES string of the molecule is NC(=O)c1c(NC(=O)c2ccc(C(=O)c3ccccc3)cc2)sc2c1CCN(Cc1ccccc1)C2. The second kappa shape index (κ2) is 10.3. The number of thiophene rings is 1. The van der Waals surface area contributed by atoms with Gasteiger partial charge in [0.1, 0.15) is 5.00 Å². The number of nitrogens with two attached hydrogens (primary N) is 1. The van der Waals surface area contributed by atoms with Crippen molar-refractivity contribution in [2.24, 2.45) is 5.73 Å². The minimum atomic E-state index is -0.539. The normalized spacial score (nSPS) is 13.1. The van der Waals surface area contributed by atoms with Crippen LogP contribution in [0.5, 0.6) is 0 Å². The molecule has 0 spiro atoms. The molecular weight excluding hydrogens is 470 g/mol. The quantitative estimate of drug-likeness (QED) is 0.357. The number of hydrogen-bond donors (Lipinski definition) is 2. The van der Waals surface area contributed by atoms with Gasteiger partial charge in [-0.25, -0.2) is 0 Å². The van der Waals surface area contributed by atoms with Crippen molar-refractivity contribution in [3.63, 3.8) is 0 Å². The molecule has 0 fully saturated rings. The third kappa shape index (κ3) is 4.98. The molecule has 0 bridgehead atoms. The van der Waals surface area contributed by atoms with E-state index in [1.807, 2.05) is 36.4 Å². The number of anilines is 1. The lowest BCUT2D eigenvalue weighted by Crippen LogP contribution is -2.30. The maximum absolute atomic E-state index is 13.0. The van der Waals surface area contributed by atoms with Gasteiger partial charge < -0.3 is 11.1 Å². The lowest BCUT2D eigenvalue weighted by atomic mass is 10.0. The Balaban J connectivity index is 1.32. The Morgan fingerprint density at radius 2 is 1.44 bits per heavy atom. The highest BCUT2D eigenvalue weighted by Gasteiger charge is 2.28. The Labute approximate surface area is 213 Å². The molecule has 1 aromatic heterocycles. The highest BCUT2D eigenvalue weighted by molar-refractivity contribution is 7.17. The summed E-state index contributed by atoms with van der Waals surface area (Å²) >= 11 is 1.40. The molecule has 1 aliphatic rings. The molecule has 0 aliphatic carbocycles. The lowest BCUT2D eigenvalue weighted by molar-refractivity contribution is 0.0998. The molecule has 4 aromatic rings. The summed E-state index contributed by atoms with van der Waals surface area (Å²) in [5.74, 6) is -0.997. The maximum atomic E-state index is 13.0. The molecule has 2 heterocycles. The average molecular weight is 496 g/mol. The van der Waals surface area contributed by atoms with E-state index in [9.17, 15) is 14.4 Å². The standard InChI is InChI=1S/C29H25N3O3S/c30-27(34)25-23-15-16-32(17-19-7-3-1-4-8-19)18-24(23)36-29(25)31-28(35)22-13-11-21(12-14-22)26(33)20-9-5-2-6-10-20/h1-14H,15-18H2,(H2,30,34)(H,31,35). The molecule has 0 atom stereocenters. The van der Waals surface area contributed by atoms with Gasteiger partial charge in [0.05, 0.1) is 5.56 Å². The van der Waals surface area contributed by atoms with Crippen molar-refractivity contribution in [1.29, 1.82) is 0 Å². The van der Waals surface area contributed by atoms with Crippen LogP contribution in [0.3, 0.4) is 0 Å². The van der Waals surface area contributed by atoms with Crippen LogP contribution >= 0.6 is 11.3 Å². The molecule has 0 saturated carbocycles. The Kier molecular flexibility index (Phi) is 6.75. The largest absolute Gasteiger partial charge is 0.365 e. The number of ketones is 1. The predicted molar refractivity (Wildman–Crippen MR) is 141 cm³/mol. The summed E-state index contributed by atoms with van der Waals surface area (Å²) in [4.78, 5) is 41.3. The molecule has 3 N–H and O–H groups in total. The summed E-state index contributed by atoms with van der Waals surface area (Å²) in [6.45, 7) is 2.32. The molecular formula is C29H25N3O3S. The fraction of sp³-hybridized carbons (Fsp3) is 0.138. The summed E-state index contributed by atoms with van der Waals surface area (Å²) < 4.78 is 0. The molecule has 5 rings (SSSR count). The van der Waals surface area contributed by atoms with Crippen molar-refractivity contribution >= 4 is 33.9 Å². The first-order valence-electron chi connectivity index (χ1n) is 11.7. The number of benzene rings is 3. The minimum Gasteiger partial charge on any atom is -0.365 e. The minimum absolute atomic E-state index is 0.107. The van der Waals surface area contributed by atoms with Crippen molar-refractivity contribution in [3.05, 3.63) is 123 Å². The molecule has 36 heavy (non-hydrogen) atoms. The van der Waals surface area contributed by atoms with Gasteiger partial charge in [0.15, 0.2) is 5.78 Å². The molecule has 0 saturated heterocycles. The Morgan fingerprint density at radius 3 is 2.11 bits per heavy atom. The summed E-state index contributed by atoms with van der Waals surface area (Å²) in [5.41, 5.74) is 9.77. The highest BCUT2D eigenvalue weighted by Crippen LogP contribution is 2.37. The van der Waals surface area contributed by atoms with Gasteiger partial charge in [0, 0.05) is 41.2 Å². The zero-order valence-corrected chi connectivity index (χ0v) is 20.4. The second-order valence-electron chi connectivity index (χ2n) is 8.75. The van der Waals surface area contributed by atoms with Gasteiger partial charge >= 0.3 is 0 Å². The summed E-state index contributed by atoms with van der Waals surface area (Å²) in [7, 11) is 0. The van der Waals surface area contributed by atoms with Crippen molar-refractivity contribution in [3.8, 4) is 0 Å². The number of primary amides is 1. The number of hydrogen-bond acceptors (Lipinski definition) is 5. The summed E-state index contributed by atoms with van der Waals surface area (Å²) in [6.07, 6.45) is 0.698. The first kappa shape index (κ1) is 23.7. The van der Waals surface area contributed by atoms with Crippen LogP contribution in [0.15, 0.2) is 84.9 Å². The van der Waals surface area contributed by atoms with Crippen LogP contribution < -0.4 is 11.1 Å². The van der Waals surface area contributed by atoms with Gasteiger partial charge in [0.2, 0.25) is 0 Å².